The molecule has 0 heterocycles. The van der Waals surface area contributed by atoms with Crippen LogP contribution < -0.4 is 0 Å². The molecule has 0 radical (unpaired) electrons. The van der Waals surface area contributed by atoms with Crippen molar-refractivity contribution >= 4 is 27.8 Å². The van der Waals surface area contributed by atoms with Crippen LogP contribution in [0.5, 0.6) is 0 Å². The van der Waals surface area contributed by atoms with Crippen molar-refractivity contribution in [3.8, 4) is 0 Å². The zero-order valence-electron chi connectivity index (χ0n) is 11.0. The molecular formula is C17H15BrO. The Morgan fingerprint density at radius 2 is 1.63 bits per heavy atom. The molecule has 2 rings (SSSR count). The average molecular weight is 315 g/mol. The van der Waals surface area contributed by atoms with Gasteiger partial charge < -0.3 is 0 Å². The van der Waals surface area contributed by atoms with Gasteiger partial charge in [-0.3, -0.25) is 4.79 Å². The highest BCUT2D eigenvalue weighted by Crippen LogP contribution is 2.21. The third-order valence-corrected chi connectivity index (χ3v) is 3.43. The highest BCUT2D eigenvalue weighted by Gasteiger charge is 2.10. The minimum atomic E-state index is 0.0475. The average Bonchev–Trinajstić information content (AvgIpc) is 2.36. The molecule has 0 amide bonds. The third-order valence-electron chi connectivity index (χ3n) is 2.97. The maximum absolute atomic E-state index is 12.3. The number of hydrogen-bond donors (Lipinski definition) is 0. The van der Waals surface area contributed by atoms with E-state index in [1.807, 2.05) is 62.4 Å². The lowest BCUT2D eigenvalue weighted by atomic mass is 9.98. The van der Waals surface area contributed by atoms with E-state index in [2.05, 4.69) is 15.9 Å². The molecule has 0 aliphatic rings. The number of ketones is 1. The highest BCUT2D eigenvalue weighted by atomic mass is 79.9. The van der Waals surface area contributed by atoms with E-state index in [9.17, 15) is 4.79 Å². The van der Waals surface area contributed by atoms with Crippen LogP contribution in [0.3, 0.4) is 0 Å². The fourth-order valence-electron chi connectivity index (χ4n) is 2.12. The minimum absolute atomic E-state index is 0.0475. The Balaban J connectivity index is 2.29. The molecule has 0 saturated carbocycles. The van der Waals surface area contributed by atoms with Crippen molar-refractivity contribution in [2.45, 2.75) is 13.8 Å². The SMILES string of the molecule is Cc1cc(Br)cc(C)c1C(=O)/C=C/c1ccccc1. The van der Waals surface area contributed by atoms with Crippen LogP contribution in [-0.4, -0.2) is 5.78 Å². The van der Waals surface area contributed by atoms with Gasteiger partial charge in [0.05, 0.1) is 0 Å². The van der Waals surface area contributed by atoms with E-state index >= 15 is 0 Å². The Bertz CT molecular complexity index is 604. The summed E-state index contributed by atoms with van der Waals surface area (Å²) in [6.07, 6.45) is 3.49. The van der Waals surface area contributed by atoms with E-state index in [-0.39, 0.29) is 5.78 Å². The first-order chi connectivity index (χ1) is 9.08. The molecule has 0 bridgehead atoms. The maximum atomic E-state index is 12.3. The molecule has 0 atom stereocenters. The van der Waals surface area contributed by atoms with Crippen LogP contribution in [0.2, 0.25) is 0 Å². The Kier molecular flexibility index (Phi) is 4.33. The first-order valence-corrected chi connectivity index (χ1v) is 6.91. The Morgan fingerprint density at radius 3 is 2.21 bits per heavy atom. The molecule has 0 aromatic heterocycles. The van der Waals surface area contributed by atoms with Crippen LogP contribution in [0, 0.1) is 13.8 Å². The number of aryl methyl sites for hydroxylation is 2. The molecule has 0 unspecified atom stereocenters. The molecule has 96 valence electrons. The molecule has 19 heavy (non-hydrogen) atoms. The fourth-order valence-corrected chi connectivity index (χ4v) is 2.81. The quantitative estimate of drug-likeness (QED) is 0.578. The lowest BCUT2D eigenvalue weighted by Crippen LogP contribution is -2.01. The van der Waals surface area contributed by atoms with Crippen molar-refractivity contribution in [1.82, 2.24) is 0 Å². The summed E-state index contributed by atoms with van der Waals surface area (Å²) in [4.78, 5) is 12.3. The molecular weight excluding hydrogens is 300 g/mol. The van der Waals surface area contributed by atoms with Crippen LogP contribution in [0.1, 0.15) is 27.0 Å². The molecule has 2 heteroatoms. The molecule has 0 saturated heterocycles. The van der Waals surface area contributed by atoms with E-state index in [1.165, 1.54) is 0 Å². The normalized spacial score (nSPS) is 10.9. The van der Waals surface area contributed by atoms with Crippen molar-refractivity contribution in [2.75, 3.05) is 0 Å². The van der Waals surface area contributed by atoms with Crippen LogP contribution in [0.15, 0.2) is 53.0 Å². The number of allylic oxidation sites excluding steroid dienone is 1. The van der Waals surface area contributed by atoms with Gasteiger partial charge in [-0.1, -0.05) is 52.3 Å². The predicted molar refractivity (Wildman–Crippen MR) is 83.4 cm³/mol. The van der Waals surface area contributed by atoms with Gasteiger partial charge in [0.25, 0.3) is 0 Å². The van der Waals surface area contributed by atoms with Gasteiger partial charge in [-0.15, -0.1) is 0 Å². The number of rotatable bonds is 3. The van der Waals surface area contributed by atoms with Gasteiger partial charge in [-0.2, -0.15) is 0 Å². The molecule has 0 N–H and O–H groups in total. The van der Waals surface area contributed by atoms with Crippen molar-refractivity contribution in [2.24, 2.45) is 0 Å². The van der Waals surface area contributed by atoms with Crippen LogP contribution in [0.25, 0.3) is 6.08 Å². The van der Waals surface area contributed by atoms with Crippen molar-refractivity contribution in [3.63, 3.8) is 0 Å². The summed E-state index contributed by atoms with van der Waals surface area (Å²) in [5.74, 6) is 0.0475. The summed E-state index contributed by atoms with van der Waals surface area (Å²) in [7, 11) is 0. The van der Waals surface area contributed by atoms with Gasteiger partial charge in [0.1, 0.15) is 0 Å². The zero-order valence-corrected chi connectivity index (χ0v) is 12.6. The molecule has 0 aliphatic heterocycles. The van der Waals surface area contributed by atoms with Crippen LogP contribution >= 0.6 is 15.9 Å². The second-order valence-electron chi connectivity index (χ2n) is 4.52. The van der Waals surface area contributed by atoms with Gasteiger partial charge >= 0.3 is 0 Å². The van der Waals surface area contributed by atoms with Gasteiger partial charge in [-0.05, 0) is 48.7 Å². The second kappa shape index (κ2) is 5.98. The highest BCUT2D eigenvalue weighted by molar-refractivity contribution is 9.10. The van der Waals surface area contributed by atoms with Gasteiger partial charge in [0.2, 0.25) is 0 Å². The molecule has 0 fully saturated rings. The molecule has 0 aliphatic carbocycles. The summed E-state index contributed by atoms with van der Waals surface area (Å²) in [6, 6.07) is 13.8. The topological polar surface area (TPSA) is 17.1 Å². The lowest BCUT2D eigenvalue weighted by molar-refractivity contribution is 0.104. The Labute approximate surface area is 122 Å². The van der Waals surface area contributed by atoms with E-state index in [4.69, 9.17) is 0 Å². The van der Waals surface area contributed by atoms with E-state index in [0.29, 0.717) is 0 Å². The first kappa shape index (κ1) is 13.8. The summed E-state index contributed by atoms with van der Waals surface area (Å²) >= 11 is 3.44. The predicted octanol–water partition coefficient (Wildman–Crippen LogP) is 4.96. The fraction of sp³-hybridized carbons (Fsp3) is 0.118. The number of hydrogen-bond acceptors (Lipinski definition) is 1. The maximum Gasteiger partial charge on any atom is 0.186 e. The molecule has 0 spiro atoms. The minimum Gasteiger partial charge on any atom is -0.289 e. The summed E-state index contributed by atoms with van der Waals surface area (Å²) in [5.41, 5.74) is 3.81. The smallest absolute Gasteiger partial charge is 0.186 e. The molecule has 2 aromatic carbocycles. The number of benzene rings is 2. The van der Waals surface area contributed by atoms with E-state index < -0.39 is 0 Å². The van der Waals surface area contributed by atoms with Gasteiger partial charge in [-0.25, -0.2) is 0 Å². The standard InChI is InChI=1S/C17H15BrO/c1-12-10-15(18)11-13(2)17(12)16(19)9-8-14-6-4-3-5-7-14/h3-11H,1-2H3/b9-8+. The molecule has 1 nitrogen and oxygen atoms in total. The van der Waals surface area contributed by atoms with Crippen LogP contribution in [0.4, 0.5) is 0 Å². The lowest BCUT2D eigenvalue weighted by Gasteiger charge is -2.07. The van der Waals surface area contributed by atoms with Crippen molar-refractivity contribution < 1.29 is 4.79 Å². The van der Waals surface area contributed by atoms with Gasteiger partial charge in [0, 0.05) is 10.0 Å². The monoisotopic (exact) mass is 314 g/mol. The van der Waals surface area contributed by atoms with E-state index in [1.54, 1.807) is 6.08 Å². The Hall–Kier alpha value is -1.67. The van der Waals surface area contributed by atoms with Gasteiger partial charge in [0.15, 0.2) is 5.78 Å². The van der Waals surface area contributed by atoms with Crippen molar-refractivity contribution in [1.29, 1.82) is 0 Å². The molecule has 2 aromatic rings. The largest absolute Gasteiger partial charge is 0.289 e. The number of carbonyl (C=O) groups excluding carboxylic acids is 1. The van der Waals surface area contributed by atoms with Crippen LogP contribution in [-0.2, 0) is 0 Å². The number of halogens is 1. The summed E-state index contributed by atoms with van der Waals surface area (Å²) < 4.78 is 1.01. The second-order valence-corrected chi connectivity index (χ2v) is 5.44. The summed E-state index contributed by atoms with van der Waals surface area (Å²) in [5, 5.41) is 0. The Morgan fingerprint density at radius 1 is 1.05 bits per heavy atom. The number of carbonyl (C=O) groups is 1. The van der Waals surface area contributed by atoms with Crippen molar-refractivity contribution in [3.05, 3.63) is 75.3 Å². The summed E-state index contributed by atoms with van der Waals surface area (Å²) in [6.45, 7) is 3.92. The first-order valence-electron chi connectivity index (χ1n) is 6.12. The third kappa shape index (κ3) is 3.42. The zero-order chi connectivity index (χ0) is 13.8. The van der Waals surface area contributed by atoms with E-state index in [0.717, 1.165) is 26.7 Å².